The van der Waals surface area contributed by atoms with E-state index in [1.807, 2.05) is 12.3 Å². The van der Waals surface area contributed by atoms with Crippen molar-refractivity contribution >= 4 is 37.7 Å². The van der Waals surface area contributed by atoms with Crippen molar-refractivity contribution in [1.82, 2.24) is 4.98 Å². The molecule has 0 fully saturated rings. The molecule has 2 N–H and O–H groups in total. The lowest BCUT2D eigenvalue weighted by Crippen LogP contribution is -2.26. The highest BCUT2D eigenvalue weighted by Crippen LogP contribution is 2.26. The van der Waals surface area contributed by atoms with Gasteiger partial charge in [0, 0.05) is 23.8 Å². The van der Waals surface area contributed by atoms with Gasteiger partial charge in [-0.2, -0.15) is 0 Å². The Balaban J connectivity index is 2.81. The molecule has 84 valence electrons. The summed E-state index contributed by atoms with van der Waals surface area (Å²) in [5, 5.41) is 0. The Kier molecular flexibility index (Phi) is 5.56. The predicted octanol–water partition coefficient (Wildman–Crippen LogP) is 2.78. The van der Waals surface area contributed by atoms with Gasteiger partial charge in [-0.05, 0) is 57.8 Å². The second kappa shape index (κ2) is 6.45. The molecule has 1 heterocycles. The maximum absolute atomic E-state index is 5.51. The lowest BCUT2D eigenvalue weighted by atomic mass is 10.3. The summed E-state index contributed by atoms with van der Waals surface area (Å²) in [5.74, 6) is 0.981. The maximum atomic E-state index is 5.51. The van der Waals surface area contributed by atoms with Gasteiger partial charge < -0.3 is 10.6 Å². The summed E-state index contributed by atoms with van der Waals surface area (Å²) in [6, 6.07) is 2.01. The third-order valence-corrected chi connectivity index (χ3v) is 3.12. The van der Waals surface area contributed by atoms with Crippen LogP contribution in [-0.2, 0) is 0 Å². The smallest absolute Gasteiger partial charge is 0.142 e. The first kappa shape index (κ1) is 12.9. The first-order valence-corrected chi connectivity index (χ1v) is 6.53. The second-order valence-electron chi connectivity index (χ2n) is 3.18. The maximum Gasteiger partial charge on any atom is 0.142 e. The molecule has 0 aromatic carbocycles. The van der Waals surface area contributed by atoms with Gasteiger partial charge in [0.05, 0.1) is 4.47 Å². The minimum Gasteiger partial charge on any atom is -0.356 e. The Morgan fingerprint density at radius 1 is 1.47 bits per heavy atom. The third kappa shape index (κ3) is 3.74. The number of hydrogen-bond donors (Lipinski definition) is 1. The molecule has 0 aliphatic carbocycles. The van der Waals surface area contributed by atoms with Gasteiger partial charge >= 0.3 is 0 Å². The van der Waals surface area contributed by atoms with Crippen molar-refractivity contribution in [3.05, 3.63) is 21.2 Å². The summed E-state index contributed by atoms with van der Waals surface area (Å²) in [7, 11) is 0. The van der Waals surface area contributed by atoms with Crippen LogP contribution >= 0.6 is 31.9 Å². The number of hydrogen-bond acceptors (Lipinski definition) is 3. The van der Waals surface area contributed by atoms with Crippen molar-refractivity contribution in [3.63, 3.8) is 0 Å². The van der Waals surface area contributed by atoms with Crippen LogP contribution in [0.25, 0.3) is 0 Å². The summed E-state index contributed by atoms with van der Waals surface area (Å²) >= 11 is 6.90. The molecule has 1 aromatic heterocycles. The van der Waals surface area contributed by atoms with Gasteiger partial charge in [0.15, 0.2) is 0 Å². The molecule has 0 bridgehead atoms. The third-order valence-electron chi connectivity index (χ3n) is 2.10. The van der Waals surface area contributed by atoms with Crippen LogP contribution in [0.5, 0.6) is 0 Å². The van der Waals surface area contributed by atoms with Crippen molar-refractivity contribution in [2.24, 2.45) is 5.73 Å². The van der Waals surface area contributed by atoms with E-state index in [2.05, 4.69) is 48.7 Å². The number of aromatic nitrogens is 1. The highest BCUT2D eigenvalue weighted by Gasteiger charge is 2.09. The molecular weight excluding hydrogens is 322 g/mol. The molecule has 0 saturated heterocycles. The minimum absolute atomic E-state index is 0.713. The molecule has 1 aromatic rings. The lowest BCUT2D eigenvalue weighted by molar-refractivity contribution is 0.743. The summed E-state index contributed by atoms with van der Waals surface area (Å²) in [5.41, 5.74) is 5.51. The first-order chi connectivity index (χ1) is 7.19. The van der Waals surface area contributed by atoms with Crippen LogP contribution in [-0.4, -0.2) is 24.6 Å². The molecule has 0 amide bonds. The number of nitrogens with zero attached hydrogens (tertiary/aromatic N) is 2. The van der Waals surface area contributed by atoms with Crippen LogP contribution < -0.4 is 10.6 Å². The molecule has 0 radical (unpaired) electrons. The summed E-state index contributed by atoms with van der Waals surface area (Å²) < 4.78 is 1.99. The quantitative estimate of drug-likeness (QED) is 0.899. The van der Waals surface area contributed by atoms with Gasteiger partial charge in [-0.15, -0.1) is 0 Å². The highest BCUT2D eigenvalue weighted by molar-refractivity contribution is 9.11. The van der Waals surface area contributed by atoms with E-state index in [0.29, 0.717) is 6.54 Å². The van der Waals surface area contributed by atoms with Gasteiger partial charge in [0.1, 0.15) is 5.82 Å². The number of halogens is 2. The van der Waals surface area contributed by atoms with Crippen molar-refractivity contribution in [1.29, 1.82) is 0 Å². The number of nitrogens with two attached hydrogens (primary N) is 1. The average Bonchev–Trinajstić information content (AvgIpc) is 2.21. The SMILES string of the molecule is CCN(CCCN)c1ncc(Br)cc1Br. The van der Waals surface area contributed by atoms with Crippen molar-refractivity contribution in [3.8, 4) is 0 Å². The molecule has 0 aliphatic heterocycles. The highest BCUT2D eigenvalue weighted by atomic mass is 79.9. The summed E-state index contributed by atoms with van der Waals surface area (Å²) in [6.45, 7) is 4.71. The summed E-state index contributed by atoms with van der Waals surface area (Å²) in [4.78, 5) is 6.60. The lowest BCUT2D eigenvalue weighted by Gasteiger charge is -2.22. The Morgan fingerprint density at radius 3 is 2.73 bits per heavy atom. The van der Waals surface area contributed by atoms with E-state index in [-0.39, 0.29) is 0 Å². The average molecular weight is 337 g/mol. The van der Waals surface area contributed by atoms with E-state index in [9.17, 15) is 0 Å². The molecular formula is C10H15Br2N3. The van der Waals surface area contributed by atoms with E-state index in [0.717, 1.165) is 34.3 Å². The van der Waals surface area contributed by atoms with E-state index in [4.69, 9.17) is 5.73 Å². The number of rotatable bonds is 5. The standard InChI is InChI=1S/C10H15Br2N3/c1-2-15(5-3-4-13)10-9(12)6-8(11)7-14-10/h6-7H,2-5,13H2,1H3. The zero-order chi connectivity index (χ0) is 11.3. The molecule has 0 saturated carbocycles. The van der Waals surface area contributed by atoms with Gasteiger partial charge in [-0.3, -0.25) is 0 Å². The molecule has 15 heavy (non-hydrogen) atoms. The summed E-state index contributed by atoms with van der Waals surface area (Å²) in [6.07, 6.45) is 2.79. The van der Waals surface area contributed by atoms with Crippen LogP contribution in [0.15, 0.2) is 21.2 Å². The Bertz CT molecular complexity index is 318. The largest absolute Gasteiger partial charge is 0.356 e. The molecule has 0 spiro atoms. The van der Waals surface area contributed by atoms with Crippen molar-refractivity contribution < 1.29 is 0 Å². The van der Waals surface area contributed by atoms with Crippen LogP contribution in [0.3, 0.4) is 0 Å². The second-order valence-corrected chi connectivity index (χ2v) is 4.95. The molecule has 0 atom stereocenters. The fraction of sp³-hybridized carbons (Fsp3) is 0.500. The van der Waals surface area contributed by atoms with Gasteiger partial charge in [0.25, 0.3) is 0 Å². The molecule has 3 nitrogen and oxygen atoms in total. The Hall–Kier alpha value is -0.130. The monoisotopic (exact) mass is 335 g/mol. The fourth-order valence-electron chi connectivity index (χ4n) is 1.34. The normalized spacial score (nSPS) is 10.4. The number of pyridine rings is 1. The van der Waals surface area contributed by atoms with Crippen LogP contribution in [0, 0.1) is 0 Å². The van der Waals surface area contributed by atoms with Crippen molar-refractivity contribution in [2.75, 3.05) is 24.5 Å². The van der Waals surface area contributed by atoms with Crippen LogP contribution in [0.1, 0.15) is 13.3 Å². The van der Waals surface area contributed by atoms with E-state index >= 15 is 0 Å². The van der Waals surface area contributed by atoms with Crippen LogP contribution in [0.2, 0.25) is 0 Å². The minimum atomic E-state index is 0.713. The van der Waals surface area contributed by atoms with E-state index in [1.54, 1.807) is 0 Å². The first-order valence-electron chi connectivity index (χ1n) is 4.95. The van der Waals surface area contributed by atoms with E-state index < -0.39 is 0 Å². The van der Waals surface area contributed by atoms with Gasteiger partial charge in [-0.1, -0.05) is 0 Å². The number of anilines is 1. The predicted molar refractivity (Wildman–Crippen MR) is 71.2 cm³/mol. The molecule has 0 unspecified atom stereocenters. The topological polar surface area (TPSA) is 42.1 Å². The zero-order valence-corrected chi connectivity index (χ0v) is 11.9. The van der Waals surface area contributed by atoms with Gasteiger partial charge in [0.2, 0.25) is 0 Å². The molecule has 1 rings (SSSR count). The zero-order valence-electron chi connectivity index (χ0n) is 8.71. The Labute approximate surface area is 107 Å². The van der Waals surface area contributed by atoms with Crippen LogP contribution in [0.4, 0.5) is 5.82 Å². The molecule has 0 aliphatic rings. The fourth-order valence-corrected chi connectivity index (χ4v) is 2.57. The van der Waals surface area contributed by atoms with Crippen molar-refractivity contribution in [2.45, 2.75) is 13.3 Å². The molecule has 5 heteroatoms. The van der Waals surface area contributed by atoms with Gasteiger partial charge in [-0.25, -0.2) is 4.98 Å². The Morgan fingerprint density at radius 2 is 2.20 bits per heavy atom. The van der Waals surface area contributed by atoms with E-state index in [1.165, 1.54) is 0 Å².